The molecule has 2 aromatic rings. The zero-order valence-electron chi connectivity index (χ0n) is 10.3. The van der Waals surface area contributed by atoms with Gasteiger partial charge in [-0.05, 0) is 19.8 Å². The number of thioether (sulfide) groups is 1. The fourth-order valence-corrected chi connectivity index (χ4v) is 3.75. The first-order valence-electron chi connectivity index (χ1n) is 6.08. The summed E-state index contributed by atoms with van der Waals surface area (Å²) in [5.74, 6) is 2.09. The highest BCUT2D eigenvalue weighted by molar-refractivity contribution is 8.01. The average Bonchev–Trinajstić information content (AvgIpc) is 2.93. The summed E-state index contributed by atoms with van der Waals surface area (Å²) in [6.45, 7) is 4.06. The van der Waals surface area contributed by atoms with Crippen LogP contribution in [0.3, 0.4) is 0 Å². The van der Waals surface area contributed by atoms with Gasteiger partial charge in [0.15, 0.2) is 10.2 Å². The molecular weight excluding hydrogens is 268 g/mol. The lowest BCUT2D eigenvalue weighted by atomic mass is 10.4. The Bertz CT molecular complexity index is 535. The minimum absolute atomic E-state index is 0.123. The molecule has 1 aliphatic rings. The van der Waals surface area contributed by atoms with Gasteiger partial charge in [0.2, 0.25) is 5.89 Å². The highest BCUT2D eigenvalue weighted by Gasteiger charge is 2.28. The highest BCUT2D eigenvalue weighted by atomic mass is 32.2. The largest absolute Gasteiger partial charge is 0.338 e. The van der Waals surface area contributed by atoms with Crippen LogP contribution in [0.15, 0.2) is 8.86 Å². The lowest BCUT2D eigenvalue weighted by molar-refractivity contribution is 0.375. The summed E-state index contributed by atoms with van der Waals surface area (Å²) in [4.78, 5) is 4.34. The van der Waals surface area contributed by atoms with E-state index in [1.165, 1.54) is 17.8 Å². The topological polar surface area (TPSA) is 64.7 Å². The third-order valence-electron chi connectivity index (χ3n) is 2.77. The van der Waals surface area contributed by atoms with Crippen molar-refractivity contribution < 1.29 is 4.52 Å². The van der Waals surface area contributed by atoms with E-state index in [1.54, 1.807) is 23.1 Å². The van der Waals surface area contributed by atoms with Gasteiger partial charge in [-0.1, -0.05) is 35.2 Å². The molecule has 1 saturated carbocycles. The zero-order valence-corrected chi connectivity index (χ0v) is 11.9. The quantitative estimate of drug-likeness (QED) is 0.785. The Balaban J connectivity index is 1.66. The molecule has 1 fully saturated rings. The normalized spacial score (nSPS) is 17.0. The Morgan fingerprint density at radius 3 is 2.94 bits per heavy atom. The Morgan fingerprint density at radius 2 is 2.28 bits per heavy atom. The van der Waals surface area contributed by atoms with Crippen molar-refractivity contribution in [2.24, 2.45) is 0 Å². The van der Waals surface area contributed by atoms with Gasteiger partial charge in [0.1, 0.15) is 5.01 Å². The fraction of sp³-hybridized carbons (Fsp3) is 0.636. The SMILES string of the molecule is CCc1noc([C@@H](C)Sc2nnc(C3CC3)s2)n1. The Labute approximate surface area is 113 Å². The molecule has 1 aliphatic carbocycles. The van der Waals surface area contributed by atoms with Gasteiger partial charge in [-0.3, -0.25) is 0 Å². The molecule has 2 aromatic heterocycles. The van der Waals surface area contributed by atoms with Crippen molar-refractivity contribution in [3.63, 3.8) is 0 Å². The van der Waals surface area contributed by atoms with E-state index in [4.69, 9.17) is 4.52 Å². The smallest absolute Gasteiger partial charge is 0.239 e. The summed E-state index contributed by atoms with van der Waals surface area (Å²) in [5.41, 5.74) is 0. The molecule has 0 unspecified atom stereocenters. The molecular formula is C11H14N4OS2. The van der Waals surface area contributed by atoms with E-state index in [0.29, 0.717) is 11.8 Å². The third kappa shape index (κ3) is 2.56. The first-order chi connectivity index (χ1) is 8.76. The monoisotopic (exact) mass is 282 g/mol. The van der Waals surface area contributed by atoms with E-state index in [-0.39, 0.29) is 5.25 Å². The summed E-state index contributed by atoms with van der Waals surface area (Å²) >= 11 is 3.33. The lowest BCUT2D eigenvalue weighted by Crippen LogP contribution is -1.89. The molecule has 0 radical (unpaired) electrons. The first kappa shape index (κ1) is 12.1. The molecule has 18 heavy (non-hydrogen) atoms. The number of hydrogen-bond acceptors (Lipinski definition) is 7. The summed E-state index contributed by atoms with van der Waals surface area (Å²) < 4.78 is 6.22. The standard InChI is InChI=1S/C11H14N4OS2/c1-3-8-12-9(16-15-8)6(2)17-11-14-13-10(18-11)7-4-5-7/h6-7H,3-5H2,1-2H3/t6-/m1/s1. The van der Waals surface area contributed by atoms with E-state index >= 15 is 0 Å². The van der Waals surface area contributed by atoms with Gasteiger partial charge in [0, 0.05) is 12.3 Å². The Kier molecular flexibility index (Phi) is 3.34. The summed E-state index contributed by atoms with van der Waals surface area (Å²) in [6, 6.07) is 0. The van der Waals surface area contributed by atoms with Crippen LogP contribution in [-0.4, -0.2) is 20.3 Å². The lowest BCUT2D eigenvalue weighted by Gasteiger charge is -2.01. The maximum Gasteiger partial charge on any atom is 0.239 e. The van der Waals surface area contributed by atoms with Crippen molar-refractivity contribution in [1.82, 2.24) is 20.3 Å². The zero-order chi connectivity index (χ0) is 12.5. The first-order valence-corrected chi connectivity index (χ1v) is 7.78. The molecule has 5 nitrogen and oxygen atoms in total. The van der Waals surface area contributed by atoms with E-state index in [1.807, 2.05) is 6.92 Å². The predicted molar refractivity (Wildman–Crippen MR) is 69.8 cm³/mol. The number of rotatable bonds is 5. The second-order valence-electron chi connectivity index (χ2n) is 4.34. The number of hydrogen-bond donors (Lipinski definition) is 0. The van der Waals surface area contributed by atoms with Crippen LogP contribution < -0.4 is 0 Å². The molecule has 0 bridgehead atoms. The summed E-state index contributed by atoms with van der Waals surface area (Å²) in [7, 11) is 0. The molecule has 7 heteroatoms. The van der Waals surface area contributed by atoms with Crippen LogP contribution in [0.4, 0.5) is 0 Å². The molecule has 0 aliphatic heterocycles. The minimum Gasteiger partial charge on any atom is -0.338 e. The Hall–Kier alpha value is -0.950. The maximum absolute atomic E-state index is 5.23. The number of nitrogens with zero attached hydrogens (tertiary/aromatic N) is 4. The van der Waals surface area contributed by atoms with Crippen LogP contribution in [0.2, 0.25) is 0 Å². The molecule has 0 aromatic carbocycles. The maximum atomic E-state index is 5.23. The van der Waals surface area contributed by atoms with Crippen molar-refractivity contribution in [2.45, 2.75) is 48.6 Å². The van der Waals surface area contributed by atoms with Gasteiger partial charge >= 0.3 is 0 Å². The van der Waals surface area contributed by atoms with E-state index in [0.717, 1.165) is 16.6 Å². The molecule has 96 valence electrons. The summed E-state index contributed by atoms with van der Waals surface area (Å²) in [5, 5.41) is 13.6. The Morgan fingerprint density at radius 1 is 1.44 bits per heavy atom. The van der Waals surface area contributed by atoms with Gasteiger partial charge in [0.05, 0.1) is 5.25 Å². The van der Waals surface area contributed by atoms with Crippen LogP contribution >= 0.6 is 23.1 Å². The minimum atomic E-state index is 0.123. The highest BCUT2D eigenvalue weighted by Crippen LogP contribution is 2.44. The van der Waals surface area contributed by atoms with Crippen LogP contribution in [-0.2, 0) is 6.42 Å². The van der Waals surface area contributed by atoms with Crippen LogP contribution in [0, 0.1) is 0 Å². The van der Waals surface area contributed by atoms with E-state index < -0.39 is 0 Å². The molecule has 1 atom stereocenters. The molecule has 0 N–H and O–H groups in total. The van der Waals surface area contributed by atoms with Crippen molar-refractivity contribution in [1.29, 1.82) is 0 Å². The van der Waals surface area contributed by atoms with Crippen molar-refractivity contribution >= 4 is 23.1 Å². The van der Waals surface area contributed by atoms with Gasteiger partial charge in [0.25, 0.3) is 0 Å². The second kappa shape index (κ2) is 4.97. The third-order valence-corrected chi connectivity index (χ3v) is 5.03. The second-order valence-corrected chi connectivity index (χ2v) is 6.94. The van der Waals surface area contributed by atoms with Crippen molar-refractivity contribution in [3.05, 3.63) is 16.7 Å². The predicted octanol–water partition coefficient (Wildman–Crippen LogP) is 3.21. The fourth-order valence-electron chi connectivity index (χ4n) is 1.54. The van der Waals surface area contributed by atoms with Gasteiger partial charge < -0.3 is 4.52 Å². The number of aryl methyl sites for hydroxylation is 1. The van der Waals surface area contributed by atoms with E-state index in [9.17, 15) is 0 Å². The van der Waals surface area contributed by atoms with Gasteiger partial charge in [-0.15, -0.1) is 10.2 Å². The molecule has 0 saturated heterocycles. The van der Waals surface area contributed by atoms with Gasteiger partial charge in [-0.2, -0.15) is 4.98 Å². The molecule has 3 rings (SSSR count). The van der Waals surface area contributed by atoms with Crippen LogP contribution in [0.5, 0.6) is 0 Å². The van der Waals surface area contributed by atoms with E-state index in [2.05, 4.69) is 27.3 Å². The number of aromatic nitrogens is 4. The molecule has 0 amide bonds. The average molecular weight is 282 g/mol. The molecule has 2 heterocycles. The van der Waals surface area contributed by atoms with Crippen molar-refractivity contribution in [2.75, 3.05) is 0 Å². The van der Waals surface area contributed by atoms with Crippen LogP contribution in [0.1, 0.15) is 54.6 Å². The summed E-state index contributed by atoms with van der Waals surface area (Å²) in [6.07, 6.45) is 3.32. The van der Waals surface area contributed by atoms with Gasteiger partial charge in [-0.25, -0.2) is 0 Å². The van der Waals surface area contributed by atoms with Crippen LogP contribution in [0.25, 0.3) is 0 Å². The molecule has 0 spiro atoms. The van der Waals surface area contributed by atoms with Crippen molar-refractivity contribution in [3.8, 4) is 0 Å².